The molecule has 0 bridgehead atoms. The van der Waals surface area contributed by atoms with E-state index in [0.29, 0.717) is 25.8 Å². The highest BCUT2D eigenvalue weighted by Crippen LogP contribution is 2.10. The number of carbonyl (C=O) groups excluding carboxylic acids is 5. The zero-order valence-electron chi connectivity index (χ0n) is 22.5. The maximum absolute atomic E-state index is 13.2. The molecule has 36 heavy (non-hydrogen) atoms. The van der Waals surface area contributed by atoms with Gasteiger partial charge < -0.3 is 31.3 Å². The summed E-state index contributed by atoms with van der Waals surface area (Å²) in [6.07, 6.45) is 4.68. The van der Waals surface area contributed by atoms with Crippen LogP contribution in [0.3, 0.4) is 0 Å². The van der Waals surface area contributed by atoms with Crippen LogP contribution in [-0.4, -0.2) is 67.5 Å². The summed E-state index contributed by atoms with van der Waals surface area (Å²) in [5.41, 5.74) is 0. The number of amides is 5. The van der Waals surface area contributed by atoms with E-state index in [-0.39, 0.29) is 29.6 Å². The van der Waals surface area contributed by atoms with Crippen molar-refractivity contribution in [1.29, 1.82) is 0 Å². The van der Waals surface area contributed by atoms with Crippen molar-refractivity contribution >= 4 is 29.7 Å². The van der Waals surface area contributed by atoms with Gasteiger partial charge in [-0.1, -0.05) is 47.6 Å². The van der Waals surface area contributed by atoms with E-state index in [0.717, 1.165) is 0 Å². The van der Waals surface area contributed by atoms with Crippen LogP contribution in [0.2, 0.25) is 0 Å². The van der Waals surface area contributed by atoms with E-state index in [4.69, 9.17) is 4.74 Å². The first-order valence-corrected chi connectivity index (χ1v) is 12.6. The van der Waals surface area contributed by atoms with E-state index < -0.39 is 42.1 Å². The summed E-state index contributed by atoms with van der Waals surface area (Å²) in [5, 5.41) is 13.7. The standard InChI is InChI=1S/C25H43N5O6/c1-14(2)17-11-12-19(31)26-13-9-8-10-18(22(32)27-17)28-23(33)20(15(3)4)29-25(35)30-21(16(5)6)24(34)36-7/h11-12,14-18,20-21H,8-10,13H2,1-7H3,(H,26,31)(H,27,32)(H,28,33)(H2,29,30,35)/b12-11+/t17-,18+,20+,21+/m1/s1. The molecule has 0 saturated heterocycles. The van der Waals surface area contributed by atoms with Crippen molar-refractivity contribution in [3.8, 4) is 0 Å². The van der Waals surface area contributed by atoms with Gasteiger partial charge in [0.1, 0.15) is 18.1 Å². The number of carbonyl (C=O) groups is 5. The summed E-state index contributed by atoms with van der Waals surface area (Å²) in [6, 6.07) is -3.70. The van der Waals surface area contributed by atoms with Gasteiger partial charge in [-0.25, -0.2) is 9.59 Å². The topological polar surface area (TPSA) is 155 Å². The van der Waals surface area contributed by atoms with Gasteiger partial charge in [0, 0.05) is 18.7 Å². The lowest BCUT2D eigenvalue weighted by atomic mass is 10.00. The molecule has 5 amide bonds. The summed E-state index contributed by atoms with van der Waals surface area (Å²) < 4.78 is 4.74. The van der Waals surface area contributed by atoms with E-state index in [1.165, 1.54) is 13.2 Å². The molecule has 0 aromatic carbocycles. The maximum Gasteiger partial charge on any atom is 0.328 e. The lowest BCUT2D eigenvalue weighted by Crippen LogP contribution is -2.59. The van der Waals surface area contributed by atoms with Crippen LogP contribution in [0.1, 0.15) is 60.8 Å². The summed E-state index contributed by atoms with van der Waals surface area (Å²) in [7, 11) is 1.24. The van der Waals surface area contributed by atoms with Crippen LogP contribution in [0.5, 0.6) is 0 Å². The first-order chi connectivity index (χ1) is 16.9. The third kappa shape index (κ3) is 10.2. The number of ether oxygens (including phenoxy) is 1. The second kappa shape index (κ2) is 15.1. The Morgan fingerprint density at radius 1 is 0.972 bits per heavy atom. The number of nitrogens with one attached hydrogen (secondary N) is 5. The predicted molar refractivity (Wildman–Crippen MR) is 136 cm³/mol. The molecule has 5 N–H and O–H groups in total. The Morgan fingerprint density at radius 3 is 2.14 bits per heavy atom. The van der Waals surface area contributed by atoms with E-state index in [2.05, 4.69) is 26.6 Å². The fraction of sp³-hybridized carbons (Fsp3) is 0.720. The maximum atomic E-state index is 13.2. The normalized spacial score (nSPS) is 21.8. The number of hydrogen-bond donors (Lipinski definition) is 5. The number of esters is 1. The third-order valence-corrected chi connectivity index (χ3v) is 5.98. The number of methoxy groups -OCH3 is 1. The van der Waals surface area contributed by atoms with Crippen LogP contribution >= 0.6 is 0 Å². The average Bonchev–Trinajstić information content (AvgIpc) is 2.80. The van der Waals surface area contributed by atoms with Gasteiger partial charge in [0.2, 0.25) is 17.7 Å². The molecular weight excluding hydrogens is 466 g/mol. The van der Waals surface area contributed by atoms with Crippen LogP contribution in [-0.2, 0) is 23.9 Å². The van der Waals surface area contributed by atoms with Crippen LogP contribution in [0.15, 0.2) is 12.2 Å². The minimum Gasteiger partial charge on any atom is -0.467 e. The monoisotopic (exact) mass is 509 g/mol. The van der Waals surface area contributed by atoms with Crippen molar-refractivity contribution < 1.29 is 28.7 Å². The summed E-state index contributed by atoms with van der Waals surface area (Å²) in [6.45, 7) is 11.4. The molecule has 0 aromatic heterocycles. The Hall–Kier alpha value is -3.11. The van der Waals surface area contributed by atoms with Crippen molar-refractivity contribution in [2.45, 2.75) is 85.0 Å². The molecule has 204 valence electrons. The first-order valence-electron chi connectivity index (χ1n) is 12.6. The van der Waals surface area contributed by atoms with Gasteiger partial charge in [-0.2, -0.15) is 0 Å². The fourth-order valence-corrected chi connectivity index (χ4v) is 3.65. The Morgan fingerprint density at radius 2 is 1.58 bits per heavy atom. The van der Waals surface area contributed by atoms with E-state index in [1.807, 2.05) is 13.8 Å². The van der Waals surface area contributed by atoms with Gasteiger partial charge in [0.25, 0.3) is 0 Å². The molecule has 1 aliphatic heterocycles. The van der Waals surface area contributed by atoms with Crippen LogP contribution in [0.4, 0.5) is 4.79 Å². The Kier molecular flexibility index (Phi) is 13.0. The van der Waals surface area contributed by atoms with Crippen molar-refractivity contribution in [3.63, 3.8) is 0 Å². The van der Waals surface area contributed by atoms with Crippen molar-refractivity contribution in [3.05, 3.63) is 12.2 Å². The van der Waals surface area contributed by atoms with Crippen molar-refractivity contribution in [2.75, 3.05) is 13.7 Å². The SMILES string of the molecule is COC(=O)[C@@H](NC(=O)N[C@H](C(=O)N[C@H]1CCCCNC(=O)/C=C/[C@H](C(C)C)NC1=O)C(C)C)C(C)C. The van der Waals surface area contributed by atoms with E-state index in [1.54, 1.807) is 33.8 Å². The smallest absolute Gasteiger partial charge is 0.328 e. The van der Waals surface area contributed by atoms with Gasteiger partial charge >= 0.3 is 12.0 Å². The van der Waals surface area contributed by atoms with E-state index >= 15 is 0 Å². The van der Waals surface area contributed by atoms with Gasteiger partial charge in [-0.3, -0.25) is 14.4 Å². The van der Waals surface area contributed by atoms with Crippen LogP contribution in [0, 0.1) is 17.8 Å². The second-order valence-corrected chi connectivity index (χ2v) is 10.1. The Labute approximate surface area is 213 Å². The van der Waals surface area contributed by atoms with E-state index in [9.17, 15) is 24.0 Å². The van der Waals surface area contributed by atoms with Gasteiger partial charge in [0.15, 0.2) is 0 Å². The molecule has 4 atom stereocenters. The molecule has 0 aliphatic carbocycles. The molecule has 0 unspecified atom stereocenters. The van der Waals surface area contributed by atoms with Crippen LogP contribution in [0.25, 0.3) is 0 Å². The lowest BCUT2D eigenvalue weighted by molar-refractivity contribution is -0.144. The number of urea groups is 1. The third-order valence-electron chi connectivity index (χ3n) is 5.98. The Bertz CT molecular complexity index is 811. The van der Waals surface area contributed by atoms with Crippen molar-refractivity contribution in [2.24, 2.45) is 17.8 Å². The molecule has 0 fully saturated rings. The van der Waals surface area contributed by atoms with Gasteiger partial charge in [-0.05, 0) is 37.0 Å². The highest BCUT2D eigenvalue weighted by atomic mass is 16.5. The molecule has 0 aromatic rings. The molecule has 11 nitrogen and oxygen atoms in total. The minimum absolute atomic E-state index is 0.0229. The van der Waals surface area contributed by atoms with Crippen molar-refractivity contribution in [1.82, 2.24) is 26.6 Å². The molecule has 0 spiro atoms. The molecule has 11 heteroatoms. The zero-order valence-corrected chi connectivity index (χ0v) is 22.5. The Balaban J connectivity index is 2.98. The minimum atomic E-state index is -0.940. The lowest BCUT2D eigenvalue weighted by Gasteiger charge is -2.28. The summed E-state index contributed by atoms with van der Waals surface area (Å²) >= 11 is 0. The molecule has 0 radical (unpaired) electrons. The molecule has 1 heterocycles. The van der Waals surface area contributed by atoms with Gasteiger partial charge in [-0.15, -0.1) is 0 Å². The van der Waals surface area contributed by atoms with Crippen LogP contribution < -0.4 is 26.6 Å². The average molecular weight is 510 g/mol. The quantitative estimate of drug-likeness (QED) is 0.307. The molecular formula is C25H43N5O6. The zero-order chi connectivity index (χ0) is 27.4. The second-order valence-electron chi connectivity index (χ2n) is 10.1. The largest absolute Gasteiger partial charge is 0.467 e. The molecule has 1 rings (SSSR count). The number of rotatable bonds is 8. The highest BCUT2D eigenvalue weighted by molar-refractivity contribution is 5.93. The predicted octanol–water partition coefficient (Wildman–Crippen LogP) is 0.990. The summed E-state index contributed by atoms with van der Waals surface area (Å²) in [5.74, 6) is -2.14. The molecule has 0 saturated carbocycles. The van der Waals surface area contributed by atoms with Gasteiger partial charge in [0.05, 0.1) is 7.11 Å². The highest BCUT2D eigenvalue weighted by Gasteiger charge is 2.31. The fourth-order valence-electron chi connectivity index (χ4n) is 3.65. The first kappa shape index (κ1) is 30.9. The molecule has 1 aliphatic rings. The summed E-state index contributed by atoms with van der Waals surface area (Å²) in [4.78, 5) is 62.8. The number of hydrogen-bond acceptors (Lipinski definition) is 6.